The molecule has 0 atom stereocenters. The Hall–Kier alpha value is -1.44. The van der Waals surface area contributed by atoms with Gasteiger partial charge in [0.1, 0.15) is 6.42 Å². The predicted molar refractivity (Wildman–Crippen MR) is 25.0 cm³/mol. The van der Waals surface area contributed by atoms with E-state index in [-0.39, 0.29) is 0 Å². The van der Waals surface area contributed by atoms with Crippen LogP contribution in [0.1, 0.15) is 6.42 Å². The zero-order chi connectivity index (χ0) is 6.57. The molecule has 0 aliphatic carbocycles. The molecule has 0 aromatic rings. The maximum atomic E-state index is 9.52. The Morgan fingerprint density at radius 3 is 2.62 bits per heavy atom. The van der Waals surface area contributed by atoms with Gasteiger partial charge in [0.05, 0.1) is 6.07 Å². The van der Waals surface area contributed by atoms with E-state index >= 15 is 0 Å². The first-order valence-corrected chi connectivity index (χ1v) is 1.77. The molecule has 0 rings (SSSR count). The van der Waals surface area contributed by atoms with Gasteiger partial charge >= 0.3 is 5.84 Å². The fourth-order valence-corrected chi connectivity index (χ4v) is 0.139. The standard InChI is InChI=1S/C3H3N3O2/c4-2-1-3(5)6(7)8/h5H,1H2. The minimum atomic E-state index is -0.886. The second kappa shape index (κ2) is 2.69. The Bertz CT molecular complexity index is 156. The van der Waals surface area contributed by atoms with Crippen LogP contribution in [0.15, 0.2) is 0 Å². The number of amidine groups is 1. The second-order valence-corrected chi connectivity index (χ2v) is 1.04. The third-order valence-corrected chi connectivity index (χ3v) is 0.467. The molecule has 0 fully saturated rings. The van der Waals surface area contributed by atoms with Gasteiger partial charge < -0.3 is 10.1 Å². The number of hydrogen-bond acceptors (Lipinski definition) is 4. The molecule has 0 radical (unpaired) electrons. The van der Waals surface area contributed by atoms with Crippen LogP contribution in [0.2, 0.25) is 0 Å². The summed E-state index contributed by atoms with van der Waals surface area (Å²) in [5.74, 6) is -0.757. The van der Waals surface area contributed by atoms with Crippen LogP contribution in [-0.2, 0) is 0 Å². The average Bonchev–Trinajstić information content (AvgIpc) is 1.67. The molecular formula is C3H3N3O2. The van der Waals surface area contributed by atoms with Crippen LogP contribution < -0.4 is 0 Å². The van der Waals surface area contributed by atoms with Gasteiger partial charge in [0, 0.05) is 0 Å². The maximum Gasteiger partial charge on any atom is 0.345 e. The number of hydrogen-bond donors (Lipinski definition) is 1. The lowest BCUT2D eigenvalue weighted by Gasteiger charge is -1.85. The van der Waals surface area contributed by atoms with E-state index in [0.717, 1.165) is 0 Å². The van der Waals surface area contributed by atoms with Crippen molar-refractivity contribution in [3.05, 3.63) is 10.1 Å². The number of nitro groups is 1. The summed E-state index contributed by atoms with van der Waals surface area (Å²) < 4.78 is 0. The predicted octanol–water partition coefficient (Wildman–Crippen LogP) is 0.154. The van der Waals surface area contributed by atoms with E-state index in [1.807, 2.05) is 0 Å². The van der Waals surface area contributed by atoms with Crippen molar-refractivity contribution >= 4 is 5.84 Å². The third-order valence-electron chi connectivity index (χ3n) is 0.467. The molecule has 0 aliphatic heterocycles. The zero-order valence-corrected chi connectivity index (χ0v) is 3.92. The summed E-state index contributed by atoms with van der Waals surface area (Å²) in [6.45, 7) is 0. The van der Waals surface area contributed by atoms with Crippen molar-refractivity contribution in [3.8, 4) is 6.07 Å². The summed E-state index contributed by atoms with van der Waals surface area (Å²) in [6.07, 6.45) is -0.424. The summed E-state index contributed by atoms with van der Waals surface area (Å²) in [5.41, 5.74) is 0. The summed E-state index contributed by atoms with van der Waals surface area (Å²) in [5, 5.41) is 23.7. The van der Waals surface area contributed by atoms with Crippen molar-refractivity contribution in [2.45, 2.75) is 6.42 Å². The van der Waals surface area contributed by atoms with Gasteiger partial charge in [-0.3, -0.25) is 0 Å². The lowest BCUT2D eigenvalue weighted by molar-refractivity contribution is -0.353. The van der Waals surface area contributed by atoms with Gasteiger partial charge in [0.25, 0.3) is 0 Å². The fourth-order valence-electron chi connectivity index (χ4n) is 0.139. The number of nitrogens with zero attached hydrogens (tertiary/aromatic N) is 2. The lowest BCUT2D eigenvalue weighted by atomic mass is 10.4. The quantitative estimate of drug-likeness (QED) is 0.227. The highest BCUT2D eigenvalue weighted by molar-refractivity contribution is 5.72. The molecule has 1 N–H and O–H groups in total. The molecule has 0 aromatic heterocycles. The number of nitrogens with one attached hydrogen (secondary N) is 1. The van der Waals surface area contributed by atoms with Gasteiger partial charge in [-0.05, 0) is 4.92 Å². The van der Waals surface area contributed by atoms with Crippen LogP contribution in [0.25, 0.3) is 0 Å². The Morgan fingerprint density at radius 1 is 2.00 bits per heavy atom. The van der Waals surface area contributed by atoms with E-state index < -0.39 is 17.2 Å². The molecule has 0 spiro atoms. The highest BCUT2D eigenvalue weighted by atomic mass is 16.6. The molecule has 0 heterocycles. The minimum Gasteiger partial charge on any atom is -0.358 e. The van der Waals surface area contributed by atoms with E-state index in [4.69, 9.17) is 10.7 Å². The van der Waals surface area contributed by atoms with E-state index in [0.29, 0.717) is 0 Å². The molecule has 0 saturated heterocycles. The Labute approximate surface area is 45.2 Å². The zero-order valence-electron chi connectivity index (χ0n) is 3.92. The fraction of sp³-hybridized carbons (Fsp3) is 0.333. The van der Waals surface area contributed by atoms with Gasteiger partial charge in [-0.2, -0.15) is 5.26 Å². The van der Waals surface area contributed by atoms with Crippen molar-refractivity contribution in [1.82, 2.24) is 0 Å². The molecule has 0 aromatic carbocycles. The molecule has 42 valence electrons. The molecular weight excluding hydrogens is 110 g/mol. The SMILES string of the molecule is N#CCC(=N)[N+](=O)[O-]. The van der Waals surface area contributed by atoms with E-state index in [1.54, 1.807) is 0 Å². The Balaban J connectivity index is 3.71. The van der Waals surface area contributed by atoms with Gasteiger partial charge in [0.15, 0.2) is 0 Å². The molecule has 0 bridgehead atoms. The van der Waals surface area contributed by atoms with Crippen LogP contribution in [0.3, 0.4) is 0 Å². The Morgan fingerprint density at radius 2 is 2.50 bits per heavy atom. The van der Waals surface area contributed by atoms with Crippen molar-refractivity contribution < 1.29 is 4.92 Å². The van der Waals surface area contributed by atoms with E-state index in [2.05, 4.69) is 0 Å². The lowest BCUT2D eigenvalue weighted by Crippen LogP contribution is -2.07. The minimum absolute atomic E-state index is 0.424. The van der Waals surface area contributed by atoms with Crippen molar-refractivity contribution in [1.29, 1.82) is 10.7 Å². The van der Waals surface area contributed by atoms with Crippen LogP contribution in [0, 0.1) is 26.9 Å². The molecule has 0 amide bonds. The second-order valence-electron chi connectivity index (χ2n) is 1.04. The van der Waals surface area contributed by atoms with Crippen LogP contribution in [-0.4, -0.2) is 10.8 Å². The van der Waals surface area contributed by atoms with Crippen molar-refractivity contribution in [3.63, 3.8) is 0 Å². The monoisotopic (exact) mass is 113 g/mol. The van der Waals surface area contributed by atoms with Crippen molar-refractivity contribution in [2.75, 3.05) is 0 Å². The maximum absolute atomic E-state index is 9.52. The molecule has 5 nitrogen and oxygen atoms in total. The molecule has 0 aliphatic rings. The van der Waals surface area contributed by atoms with E-state index in [9.17, 15) is 10.1 Å². The molecule has 8 heavy (non-hydrogen) atoms. The largest absolute Gasteiger partial charge is 0.358 e. The highest BCUT2D eigenvalue weighted by Crippen LogP contribution is 1.79. The van der Waals surface area contributed by atoms with Crippen LogP contribution in [0.5, 0.6) is 0 Å². The first-order valence-electron chi connectivity index (χ1n) is 1.77. The van der Waals surface area contributed by atoms with Gasteiger partial charge in [-0.1, -0.05) is 5.41 Å². The normalized spacial score (nSPS) is 7.38. The molecule has 0 saturated carbocycles. The number of rotatable bonds is 1. The van der Waals surface area contributed by atoms with Crippen molar-refractivity contribution in [2.24, 2.45) is 0 Å². The van der Waals surface area contributed by atoms with Gasteiger partial charge in [0.2, 0.25) is 0 Å². The molecule has 5 heteroatoms. The van der Waals surface area contributed by atoms with E-state index in [1.165, 1.54) is 6.07 Å². The summed E-state index contributed by atoms with van der Waals surface area (Å²) in [4.78, 5) is 8.63. The van der Waals surface area contributed by atoms with Gasteiger partial charge in [-0.25, -0.2) is 0 Å². The summed E-state index contributed by atoms with van der Waals surface area (Å²) >= 11 is 0. The topological polar surface area (TPSA) is 90.8 Å². The summed E-state index contributed by atoms with van der Waals surface area (Å²) in [7, 11) is 0. The van der Waals surface area contributed by atoms with Gasteiger partial charge in [-0.15, -0.1) is 0 Å². The van der Waals surface area contributed by atoms with Crippen LogP contribution in [0.4, 0.5) is 0 Å². The smallest absolute Gasteiger partial charge is 0.345 e. The highest BCUT2D eigenvalue weighted by Gasteiger charge is 2.03. The Kier molecular flexibility index (Phi) is 2.20. The first-order chi connectivity index (χ1) is 3.68. The average molecular weight is 113 g/mol. The number of nitriles is 1. The molecule has 0 unspecified atom stereocenters. The first kappa shape index (κ1) is 6.56. The van der Waals surface area contributed by atoms with Crippen LogP contribution >= 0.6 is 0 Å². The summed E-state index contributed by atoms with van der Waals surface area (Å²) in [6, 6.07) is 1.48. The third kappa shape index (κ3) is 1.87.